The molecule has 2 amide bonds. The molecular formula is C16H29N5O2. The van der Waals surface area contributed by atoms with Crippen molar-refractivity contribution in [1.82, 2.24) is 25.0 Å². The number of likely N-dealkylation sites (tertiary alicyclic amines) is 1. The minimum absolute atomic E-state index is 0.0188. The molecular weight excluding hydrogens is 294 g/mol. The average Bonchev–Trinajstić information content (AvgIpc) is 2.93. The van der Waals surface area contributed by atoms with Crippen LogP contribution in [-0.2, 0) is 11.8 Å². The molecule has 0 saturated carbocycles. The van der Waals surface area contributed by atoms with Crippen molar-refractivity contribution in [3.63, 3.8) is 0 Å². The molecule has 0 radical (unpaired) electrons. The average molecular weight is 323 g/mol. The lowest BCUT2D eigenvalue weighted by Gasteiger charge is -2.36. The molecule has 2 rings (SSSR count). The van der Waals surface area contributed by atoms with Crippen LogP contribution in [-0.4, -0.2) is 51.0 Å². The summed E-state index contributed by atoms with van der Waals surface area (Å²) in [5.74, 6) is 0.759. The van der Waals surface area contributed by atoms with Crippen molar-refractivity contribution in [1.29, 1.82) is 0 Å². The van der Waals surface area contributed by atoms with Crippen molar-refractivity contribution in [2.45, 2.75) is 64.6 Å². The van der Waals surface area contributed by atoms with E-state index in [-0.39, 0.29) is 24.2 Å². The molecule has 0 aromatic carbocycles. The summed E-state index contributed by atoms with van der Waals surface area (Å²) in [5.41, 5.74) is 0. The summed E-state index contributed by atoms with van der Waals surface area (Å²) >= 11 is 0. The summed E-state index contributed by atoms with van der Waals surface area (Å²) in [6.07, 6.45) is 6.06. The lowest BCUT2D eigenvalue weighted by molar-refractivity contribution is 0.0550. The second-order valence-electron chi connectivity index (χ2n) is 6.52. The van der Waals surface area contributed by atoms with Crippen molar-refractivity contribution in [2.75, 3.05) is 13.2 Å². The first kappa shape index (κ1) is 17.7. The Bertz CT molecular complexity index is 502. The smallest absolute Gasteiger partial charge is 0.318 e. The topological polar surface area (TPSA) is 72.3 Å². The number of carbonyl (C=O) groups is 1. The van der Waals surface area contributed by atoms with Crippen LogP contribution in [0.1, 0.15) is 58.3 Å². The normalized spacial score (nSPS) is 19.9. The van der Waals surface area contributed by atoms with Gasteiger partial charge >= 0.3 is 6.03 Å². The van der Waals surface area contributed by atoms with Crippen LogP contribution in [0.3, 0.4) is 0 Å². The summed E-state index contributed by atoms with van der Waals surface area (Å²) in [4.78, 5) is 14.6. The highest BCUT2D eigenvalue weighted by Crippen LogP contribution is 2.21. The Hall–Kier alpha value is -1.63. The maximum atomic E-state index is 12.6. The third-order valence-electron chi connectivity index (χ3n) is 4.26. The highest BCUT2D eigenvalue weighted by molar-refractivity contribution is 5.75. The van der Waals surface area contributed by atoms with Gasteiger partial charge in [0, 0.05) is 26.2 Å². The second-order valence-corrected chi connectivity index (χ2v) is 6.52. The van der Waals surface area contributed by atoms with E-state index >= 15 is 0 Å². The predicted octanol–water partition coefficient (Wildman–Crippen LogP) is 2.26. The summed E-state index contributed by atoms with van der Waals surface area (Å²) in [5, 5.41) is 11.0. The van der Waals surface area contributed by atoms with Crippen LogP contribution in [0.5, 0.6) is 0 Å². The third-order valence-corrected chi connectivity index (χ3v) is 4.26. The Kier molecular flexibility index (Phi) is 6.38. The highest BCUT2D eigenvalue weighted by atomic mass is 16.5. The molecule has 130 valence electrons. The van der Waals surface area contributed by atoms with Crippen molar-refractivity contribution in [2.24, 2.45) is 7.05 Å². The van der Waals surface area contributed by atoms with E-state index in [1.807, 2.05) is 37.3 Å². The molecule has 7 heteroatoms. The second kappa shape index (κ2) is 8.29. The van der Waals surface area contributed by atoms with Gasteiger partial charge in [-0.2, -0.15) is 0 Å². The van der Waals surface area contributed by atoms with Gasteiger partial charge < -0.3 is 19.5 Å². The predicted molar refractivity (Wildman–Crippen MR) is 88.0 cm³/mol. The maximum absolute atomic E-state index is 12.6. The van der Waals surface area contributed by atoms with Crippen LogP contribution in [0.15, 0.2) is 6.33 Å². The molecule has 0 bridgehead atoms. The number of hydrogen-bond acceptors (Lipinski definition) is 4. The van der Waals surface area contributed by atoms with Crippen molar-refractivity contribution in [3.05, 3.63) is 12.2 Å². The molecule has 2 atom stereocenters. The molecule has 1 N–H and O–H groups in total. The molecule has 1 aromatic heterocycles. The van der Waals surface area contributed by atoms with Gasteiger partial charge in [-0.15, -0.1) is 10.2 Å². The zero-order valence-corrected chi connectivity index (χ0v) is 14.7. The Morgan fingerprint density at radius 3 is 2.87 bits per heavy atom. The fourth-order valence-corrected chi connectivity index (χ4v) is 3.02. The number of aryl methyl sites for hydroxylation is 1. The van der Waals surface area contributed by atoms with Crippen LogP contribution in [0.25, 0.3) is 0 Å². The van der Waals surface area contributed by atoms with Gasteiger partial charge in [-0.1, -0.05) is 0 Å². The number of amides is 2. The summed E-state index contributed by atoms with van der Waals surface area (Å²) in [6, 6.07) is 0.0773. The van der Waals surface area contributed by atoms with Crippen LogP contribution in [0.2, 0.25) is 0 Å². The Labute approximate surface area is 138 Å². The number of aromatic nitrogens is 3. The van der Waals surface area contributed by atoms with Gasteiger partial charge in [0.1, 0.15) is 6.33 Å². The van der Waals surface area contributed by atoms with E-state index in [2.05, 4.69) is 15.5 Å². The van der Waals surface area contributed by atoms with E-state index < -0.39 is 0 Å². The number of nitrogens with zero attached hydrogens (tertiary/aromatic N) is 4. The number of piperidine rings is 1. The van der Waals surface area contributed by atoms with Gasteiger partial charge in [-0.05, 0) is 46.5 Å². The Balaban J connectivity index is 1.91. The van der Waals surface area contributed by atoms with E-state index in [1.165, 1.54) is 6.42 Å². The van der Waals surface area contributed by atoms with Crippen molar-refractivity contribution < 1.29 is 9.53 Å². The number of ether oxygens (including phenoxy) is 1. The Morgan fingerprint density at radius 2 is 2.22 bits per heavy atom. The molecule has 1 fully saturated rings. The van der Waals surface area contributed by atoms with E-state index in [0.29, 0.717) is 6.61 Å². The standard InChI is InChI=1S/C16H29N5O2/c1-12(2)23-10-8-14-7-5-6-9-21(14)16(22)18-13(3)15-19-17-11-20(15)4/h11-14H,5-10H2,1-4H3,(H,18,22)/t13-,14-/m1/s1. The monoisotopic (exact) mass is 323 g/mol. The van der Waals surface area contributed by atoms with Gasteiger partial charge in [-0.25, -0.2) is 4.79 Å². The van der Waals surface area contributed by atoms with Gasteiger partial charge in [0.2, 0.25) is 0 Å². The first-order chi connectivity index (χ1) is 11.0. The zero-order chi connectivity index (χ0) is 16.8. The SMILES string of the molecule is CC(C)OCC[C@H]1CCCCN1C(=O)N[C@H](C)c1nncn1C. The molecule has 1 aromatic rings. The third kappa shape index (κ3) is 4.92. The van der Waals surface area contributed by atoms with Crippen LogP contribution >= 0.6 is 0 Å². The summed E-state index contributed by atoms with van der Waals surface area (Å²) < 4.78 is 7.48. The summed E-state index contributed by atoms with van der Waals surface area (Å²) in [6.45, 7) is 7.51. The molecule has 1 saturated heterocycles. The molecule has 23 heavy (non-hydrogen) atoms. The molecule has 7 nitrogen and oxygen atoms in total. The summed E-state index contributed by atoms with van der Waals surface area (Å²) in [7, 11) is 1.88. The molecule has 2 heterocycles. The van der Waals surface area contributed by atoms with E-state index in [1.54, 1.807) is 6.33 Å². The number of urea groups is 1. The maximum Gasteiger partial charge on any atom is 0.318 e. The fourth-order valence-electron chi connectivity index (χ4n) is 3.02. The molecule has 1 aliphatic rings. The van der Waals surface area contributed by atoms with E-state index in [9.17, 15) is 4.79 Å². The lowest BCUT2D eigenvalue weighted by atomic mass is 10.00. The van der Waals surface area contributed by atoms with Crippen molar-refractivity contribution >= 4 is 6.03 Å². The molecule has 0 spiro atoms. The number of rotatable bonds is 6. The minimum atomic E-state index is -0.163. The van der Waals surface area contributed by atoms with E-state index in [4.69, 9.17) is 4.74 Å². The van der Waals surface area contributed by atoms with Crippen LogP contribution < -0.4 is 5.32 Å². The van der Waals surface area contributed by atoms with Crippen LogP contribution in [0, 0.1) is 0 Å². The van der Waals surface area contributed by atoms with E-state index in [0.717, 1.165) is 31.6 Å². The zero-order valence-electron chi connectivity index (χ0n) is 14.7. The van der Waals surface area contributed by atoms with Gasteiger partial charge in [0.15, 0.2) is 5.82 Å². The van der Waals surface area contributed by atoms with Gasteiger partial charge in [0.05, 0.1) is 12.1 Å². The first-order valence-corrected chi connectivity index (χ1v) is 8.51. The number of carbonyl (C=O) groups excluding carboxylic acids is 1. The quantitative estimate of drug-likeness (QED) is 0.871. The molecule has 1 aliphatic heterocycles. The number of nitrogens with one attached hydrogen (secondary N) is 1. The minimum Gasteiger partial charge on any atom is -0.379 e. The lowest BCUT2D eigenvalue weighted by Crippen LogP contribution is -2.49. The first-order valence-electron chi connectivity index (χ1n) is 8.51. The van der Waals surface area contributed by atoms with Gasteiger partial charge in [-0.3, -0.25) is 0 Å². The van der Waals surface area contributed by atoms with Crippen LogP contribution in [0.4, 0.5) is 4.79 Å². The molecule has 0 aliphatic carbocycles. The highest BCUT2D eigenvalue weighted by Gasteiger charge is 2.28. The number of hydrogen-bond donors (Lipinski definition) is 1. The van der Waals surface area contributed by atoms with Crippen molar-refractivity contribution in [3.8, 4) is 0 Å². The fraction of sp³-hybridized carbons (Fsp3) is 0.812. The largest absolute Gasteiger partial charge is 0.379 e. The Morgan fingerprint density at radius 1 is 1.43 bits per heavy atom. The van der Waals surface area contributed by atoms with Gasteiger partial charge in [0.25, 0.3) is 0 Å². The molecule has 0 unspecified atom stereocenters.